The first kappa shape index (κ1) is 6.61. The van der Waals surface area contributed by atoms with Crippen LogP contribution in [0.2, 0.25) is 0 Å². The number of hydrogen-bond acceptors (Lipinski definition) is 3. The van der Waals surface area contributed by atoms with Crippen molar-refractivity contribution in [3.05, 3.63) is 12.2 Å². The van der Waals surface area contributed by atoms with Crippen LogP contribution in [0.1, 0.15) is 18.7 Å². The second-order valence-corrected chi connectivity index (χ2v) is 2.32. The summed E-state index contributed by atoms with van der Waals surface area (Å²) in [5.41, 5.74) is 0. The van der Waals surface area contributed by atoms with Gasteiger partial charge in [0.15, 0.2) is 0 Å². The summed E-state index contributed by atoms with van der Waals surface area (Å²) in [5.74, 6) is 2.08. The molecular weight excluding hydrogens is 134 g/mol. The Bertz CT molecular complexity index is 161. The van der Waals surface area contributed by atoms with Crippen LogP contribution in [0.3, 0.4) is 0 Å². The molecule has 1 unspecified atom stereocenters. The number of hydrogen-bond donors (Lipinski definition) is 2. The van der Waals surface area contributed by atoms with Crippen LogP contribution in [-0.4, -0.2) is 20.9 Å². The first-order valence-electron chi connectivity index (χ1n) is 2.80. The molecule has 0 aliphatic rings. The first-order chi connectivity index (χ1) is 4.34. The maximum Gasteiger partial charge on any atom is 0.137 e. The molecule has 9 heavy (non-hydrogen) atoms. The van der Waals surface area contributed by atoms with Gasteiger partial charge in [-0.25, -0.2) is 4.98 Å². The number of H-pyrrole nitrogens is 1. The lowest BCUT2D eigenvalue weighted by molar-refractivity contribution is 0.793. The van der Waals surface area contributed by atoms with Crippen molar-refractivity contribution in [2.24, 2.45) is 0 Å². The molecule has 0 aliphatic heterocycles. The normalized spacial score (nSPS) is 13.6. The van der Waals surface area contributed by atoms with Gasteiger partial charge in [0.05, 0.1) is 0 Å². The van der Waals surface area contributed by atoms with Crippen LogP contribution in [0.5, 0.6) is 0 Å². The summed E-state index contributed by atoms with van der Waals surface area (Å²) in [6.45, 7) is 2.05. The predicted molar refractivity (Wildman–Crippen MR) is 38.7 cm³/mol. The number of aromatic nitrogens is 3. The molecule has 1 aromatic rings. The van der Waals surface area contributed by atoms with Gasteiger partial charge < -0.3 is 0 Å². The third-order valence-electron chi connectivity index (χ3n) is 1.17. The molecule has 0 saturated carbocycles. The van der Waals surface area contributed by atoms with Gasteiger partial charge in [-0.2, -0.15) is 17.7 Å². The molecule has 50 valence electrons. The van der Waals surface area contributed by atoms with Crippen molar-refractivity contribution in [1.29, 1.82) is 0 Å². The highest BCUT2D eigenvalue weighted by Crippen LogP contribution is 2.08. The fourth-order valence-electron chi connectivity index (χ4n) is 0.539. The average Bonchev–Trinajstić information content (AvgIpc) is 2.37. The van der Waals surface area contributed by atoms with Gasteiger partial charge in [-0.3, -0.25) is 5.10 Å². The third kappa shape index (κ3) is 1.45. The molecule has 0 radical (unpaired) electrons. The molecule has 0 saturated heterocycles. The van der Waals surface area contributed by atoms with Crippen LogP contribution >= 0.6 is 12.6 Å². The topological polar surface area (TPSA) is 41.6 Å². The van der Waals surface area contributed by atoms with Crippen molar-refractivity contribution in [3.8, 4) is 0 Å². The van der Waals surface area contributed by atoms with E-state index in [0.717, 1.165) is 11.6 Å². The third-order valence-corrected chi connectivity index (χ3v) is 1.72. The Kier molecular flexibility index (Phi) is 2.10. The lowest BCUT2D eigenvalue weighted by atomic mass is 10.2. The maximum absolute atomic E-state index is 4.11. The SMILES string of the molecule is CC(CS)c1ncn[nH]1. The van der Waals surface area contributed by atoms with E-state index >= 15 is 0 Å². The Labute approximate surface area is 59.3 Å². The standard InChI is InChI=1S/C5H9N3S/c1-4(2-9)5-6-3-7-8-5/h3-4,9H,2H2,1H3,(H,6,7,8). The highest BCUT2D eigenvalue weighted by atomic mass is 32.1. The Balaban J connectivity index is 2.65. The van der Waals surface area contributed by atoms with Crippen LogP contribution in [-0.2, 0) is 0 Å². The van der Waals surface area contributed by atoms with Gasteiger partial charge in [-0.05, 0) is 5.75 Å². The molecule has 1 rings (SSSR count). The zero-order chi connectivity index (χ0) is 6.69. The molecule has 0 aliphatic carbocycles. The Morgan fingerprint density at radius 2 is 2.67 bits per heavy atom. The van der Waals surface area contributed by atoms with E-state index in [2.05, 4.69) is 27.8 Å². The van der Waals surface area contributed by atoms with Crippen LogP contribution in [0.25, 0.3) is 0 Å². The van der Waals surface area contributed by atoms with Gasteiger partial charge in [-0.1, -0.05) is 6.92 Å². The molecule has 0 spiro atoms. The van der Waals surface area contributed by atoms with E-state index in [-0.39, 0.29) is 0 Å². The van der Waals surface area contributed by atoms with Crippen molar-refractivity contribution in [2.45, 2.75) is 12.8 Å². The van der Waals surface area contributed by atoms with Crippen LogP contribution < -0.4 is 0 Å². The second kappa shape index (κ2) is 2.87. The molecule has 0 amide bonds. The summed E-state index contributed by atoms with van der Waals surface area (Å²) in [5, 5.41) is 6.50. The summed E-state index contributed by atoms with van der Waals surface area (Å²) < 4.78 is 0. The van der Waals surface area contributed by atoms with Crippen molar-refractivity contribution >= 4 is 12.6 Å². The molecule has 0 aromatic carbocycles. The molecule has 0 bridgehead atoms. The molecule has 0 fully saturated rings. The summed E-state index contributed by atoms with van der Waals surface area (Å²) >= 11 is 4.11. The van der Waals surface area contributed by atoms with Crippen molar-refractivity contribution in [2.75, 3.05) is 5.75 Å². The molecule has 1 aromatic heterocycles. The Morgan fingerprint density at radius 1 is 1.89 bits per heavy atom. The minimum absolute atomic E-state index is 0.371. The van der Waals surface area contributed by atoms with E-state index in [1.807, 2.05) is 6.92 Å². The van der Waals surface area contributed by atoms with E-state index < -0.39 is 0 Å². The van der Waals surface area contributed by atoms with Crippen LogP contribution in [0.15, 0.2) is 6.33 Å². The average molecular weight is 143 g/mol. The zero-order valence-electron chi connectivity index (χ0n) is 5.20. The van der Waals surface area contributed by atoms with Gasteiger partial charge >= 0.3 is 0 Å². The van der Waals surface area contributed by atoms with Crippen molar-refractivity contribution in [1.82, 2.24) is 15.2 Å². The molecular formula is C5H9N3S. The summed E-state index contributed by atoms with van der Waals surface area (Å²) in [7, 11) is 0. The van der Waals surface area contributed by atoms with E-state index in [1.165, 1.54) is 6.33 Å². The largest absolute Gasteiger partial charge is 0.263 e. The van der Waals surface area contributed by atoms with Gasteiger partial charge in [0.25, 0.3) is 0 Å². The fourth-order valence-corrected chi connectivity index (χ4v) is 0.712. The number of nitrogens with zero attached hydrogens (tertiary/aromatic N) is 2. The second-order valence-electron chi connectivity index (χ2n) is 1.95. The van der Waals surface area contributed by atoms with Crippen molar-refractivity contribution < 1.29 is 0 Å². The Hall–Kier alpha value is -0.510. The smallest absolute Gasteiger partial charge is 0.137 e. The van der Waals surface area contributed by atoms with Gasteiger partial charge in [0.2, 0.25) is 0 Å². The van der Waals surface area contributed by atoms with Crippen LogP contribution in [0, 0.1) is 0 Å². The summed E-state index contributed by atoms with van der Waals surface area (Å²) in [4.78, 5) is 3.97. The van der Waals surface area contributed by atoms with Crippen LogP contribution in [0.4, 0.5) is 0 Å². The summed E-state index contributed by atoms with van der Waals surface area (Å²) in [6, 6.07) is 0. The highest BCUT2D eigenvalue weighted by molar-refractivity contribution is 7.80. The van der Waals surface area contributed by atoms with E-state index in [0.29, 0.717) is 5.92 Å². The number of rotatable bonds is 2. The molecule has 4 heteroatoms. The van der Waals surface area contributed by atoms with E-state index in [1.54, 1.807) is 0 Å². The minimum atomic E-state index is 0.371. The molecule has 1 N–H and O–H groups in total. The fraction of sp³-hybridized carbons (Fsp3) is 0.600. The number of aromatic amines is 1. The van der Waals surface area contributed by atoms with Gasteiger partial charge in [0, 0.05) is 5.92 Å². The lowest BCUT2D eigenvalue weighted by Gasteiger charge is -1.99. The lowest BCUT2D eigenvalue weighted by Crippen LogP contribution is -1.96. The molecule has 1 heterocycles. The number of thiol groups is 1. The molecule has 1 atom stereocenters. The monoisotopic (exact) mass is 143 g/mol. The quantitative estimate of drug-likeness (QED) is 0.602. The summed E-state index contributed by atoms with van der Waals surface area (Å²) in [6.07, 6.45) is 1.51. The maximum atomic E-state index is 4.11. The predicted octanol–water partition coefficient (Wildman–Crippen LogP) is 0.838. The first-order valence-corrected chi connectivity index (χ1v) is 3.44. The highest BCUT2D eigenvalue weighted by Gasteiger charge is 2.03. The van der Waals surface area contributed by atoms with Gasteiger partial charge in [-0.15, -0.1) is 0 Å². The molecule has 3 nitrogen and oxygen atoms in total. The number of nitrogens with one attached hydrogen (secondary N) is 1. The minimum Gasteiger partial charge on any atom is -0.263 e. The van der Waals surface area contributed by atoms with E-state index in [4.69, 9.17) is 0 Å². The zero-order valence-corrected chi connectivity index (χ0v) is 6.10. The van der Waals surface area contributed by atoms with Gasteiger partial charge in [0.1, 0.15) is 12.2 Å². The van der Waals surface area contributed by atoms with E-state index in [9.17, 15) is 0 Å². The van der Waals surface area contributed by atoms with Crippen molar-refractivity contribution in [3.63, 3.8) is 0 Å². The Morgan fingerprint density at radius 3 is 3.11 bits per heavy atom.